The highest BCUT2D eigenvalue weighted by atomic mass is 16.3. The fourth-order valence-corrected chi connectivity index (χ4v) is 4.13. The van der Waals surface area contributed by atoms with Gasteiger partial charge in [0, 0.05) is 12.6 Å². The molecule has 0 atom stereocenters. The Morgan fingerprint density at radius 2 is 1.96 bits per heavy atom. The lowest BCUT2D eigenvalue weighted by Crippen LogP contribution is -2.38. The van der Waals surface area contributed by atoms with Crippen molar-refractivity contribution in [2.75, 3.05) is 6.54 Å². The molecule has 2 aliphatic rings. The largest absolute Gasteiger partial charge is 0.510 e. The fourth-order valence-electron chi connectivity index (χ4n) is 4.13. The minimum Gasteiger partial charge on any atom is -0.510 e. The van der Waals surface area contributed by atoms with Gasteiger partial charge in [-0.1, -0.05) is 31.4 Å². The van der Waals surface area contributed by atoms with E-state index in [1.165, 1.54) is 19.3 Å². The van der Waals surface area contributed by atoms with Crippen LogP contribution < -0.4 is 0 Å². The van der Waals surface area contributed by atoms with E-state index in [1.54, 1.807) is 0 Å². The van der Waals surface area contributed by atoms with Crippen LogP contribution >= 0.6 is 0 Å². The predicted octanol–water partition coefficient (Wildman–Crippen LogP) is 3.95. The van der Waals surface area contributed by atoms with Crippen LogP contribution in [-0.4, -0.2) is 38.0 Å². The van der Waals surface area contributed by atoms with Crippen LogP contribution in [-0.2, 0) is 6.54 Å². The minimum atomic E-state index is 0.288. The highest BCUT2D eigenvalue weighted by Crippen LogP contribution is 2.33. The Hall–Kier alpha value is -2.30. The second-order valence-corrected chi connectivity index (χ2v) is 6.76. The minimum absolute atomic E-state index is 0.288. The first kappa shape index (κ1) is 15.2. The first-order chi connectivity index (χ1) is 11.7. The molecular formula is C19H24N4O. The van der Waals surface area contributed by atoms with E-state index < -0.39 is 0 Å². The number of nitrogens with zero attached hydrogens (tertiary/aromatic N) is 3. The van der Waals surface area contributed by atoms with E-state index >= 15 is 0 Å². The van der Waals surface area contributed by atoms with Crippen molar-refractivity contribution < 1.29 is 5.11 Å². The second-order valence-electron chi connectivity index (χ2n) is 6.76. The summed E-state index contributed by atoms with van der Waals surface area (Å²) in [5.41, 5.74) is 2.58. The van der Waals surface area contributed by atoms with Gasteiger partial charge in [0.25, 0.3) is 0 Å². The maximum atomic E-state index is 10.6. The SMILES string of the molecule is CCn1c(C2=C(O)CN(C3CCCCC3)C2=N)nc2ccccc21. The van der Waals surface area contributed by atoms with Crippen LogP contribution in [0.5, 0.6) is 0 Å². The number of nitrogens with one attached hydrogen (secondary N) is 1. The molecule has 2 N–H and O–H groups in total. The average molecular weight is 324 g/mol. The number of benzene rings is 1. The number of aromatic nitrogens is 2. The van der Waals surface area contributed by atoms with Crippen molar-refractivity contribution in [3.8, 4) is 0 Å². The summed E-state index contributed by atoms with van der Waals surface area (Å²) in [4.78, 5) is 6.80. The molecule has 0 radical (unpaired) electrons. The third kappa shape index (κ3) is 2.30. The number of hydrogen-bond acceptors (Lipinski definition) is 3. The summed E-state index contributed by atoms with van der Waals surface area (Å²) in [5.74, 6) is 1.44. The smallest absolute Gasteiger partial charge is 0.148 e. The number of amidine groups is 1. The molecule has 1 aromatic carbocycles. The summed E-state index contributed by atoms with van der Waals surface area (Å²) >= 11 is 0. The van der Waals surface area contributed by atoms with Gasteiger partial charge in [-0.25, -0.2) is 4.98 Å². The standard InChI is InChI=1S/C19H24N4O/c1-2-22-15-11-7-6-10-14(15)21-19(22)17-16(24)12-23(18(17)20)13-8-4-3-5-9-13/h6-7,10-11,13,20,24H,2-5,8-9,12H2,1H3. The number of imidazole rings is 1. The Bertz CT molecular complexity index is 814. The van der Waals surface area contributed by atoms with Crippen molar-refractivity contribution in [1.29, 1.82) is 5.41 Å². The molecule has 24 heavy (non-hydrogen) atoms. The molecule has 2 heterocycles. The van der Waals surface area contributed by atoms with Crippen LogP contribution in [0.4, 0.5) is 0 Å². The molecule has 5 heteroatoms. The Morgan fingerprint density at radius 3 is 2.71 bits per heavy atom. The molecule has 1 aliphatic carbocycles. The van der Waals surface area contributed by atoms with Gasteiger partial charge < -0.3 is 14.6 Å². The Kier molecular flexibility index (Phi) is 3.79. The van der Waals surface area contributed by atoms with Gasteiger partial charge in [-0.15, -0.1) is 0 Å². The summed E-state index contributed by atoms with van der Waals surface area (Å²) in [6, 6.07) is 8.39. The molecular weight excluding hydrogens is 300 g/mol. The summed E-state index contributed by atoms with van der Waals surface area (Å²) < 4.78 is 2.10. The quantitative estimate of drug-likeness (QED) is 0.898. The zero-order chi connectivity index (χ0) is 16.7. The Labute approximate surface area is 142 Å². The lowest BCUT2D eigenvalue weighted by atomic mass is 9.94. The third-order valence-corrected chi connectivity index (χ3v) is 5.34. The zero-order valence-corrected chi connectivity index (χ0v) is 14.1. The van der Waals surface area contributed by atoms with Crippen LogP contribution in [0.3, 0.4) is 0 Å². The highest BCUT2D eigenvalue weighted by molar-refractivity contribution is 6.23. The van der Waals surface area contributed by atoms with E-state index in [0.29, 0.717) is 24.0 Å². The lowest BCUT2D eigenvalue weighted by molar-refractivity contribution is 0.241. The molecule has 2 aromatic rings. The fraction of sp³-hybridized carbons (Fsp3) is 0.474. The zero-order valence-electron chi connectivity index (χ0n) is 14.1. The maximum Gasteiger partial charge on any atom is 0.148 e. The molecule has 5 nitrogen and oxygen atoms in total. The van der Waals surface area contributed by atoms with Gasteiger partial charge in [0.15, 0.2) is 0 Å². The number of aryl methyl sites for hydroxylation is 1. The van der Waals surface area contributed by atoms with Gasteiger partial charge in [0.2, 0.25) is 0 Å². The molecule has 126 valence electrons. The van der Waals surface area contributed by atoms with Crippen LogP contribution in [0, 0.1) is 5.41 Å². The summed E-state index contributed by atoms with van der Waals surface area (Å²) in [7, 11) is 0. The van der Waals surface area contributed by atoms with E-state index in [4.69, 9.17) is 10.4 Å². The van der Waals surface area contributed by atoms with E-state index in [1.807, 2.05) is 24.3 Å². The summed E-state index contributed by atoms with van der Waals surface area (Å²) in [5, 5.41) is 19.3. The monoisotopic (exact) mass is 324 g/mol. The highest BCUT2D eigenvalue weighted by Gasteiger charge is 2.35. The molecule has 1 aromatic heterocycles. The molecule has 0 unspecified atom stereocenters. The number of aliphatic hydroxyl groups excluding tert-OH is 1. The van der Waals surface area contributed by atoms with Gasteiger partial charge in [-0.05, 0) is 31.9 Å². The van der Waals surface area contributed by atoms with Gasteiger partial charge >= 0.3 is 0 Å². The molecule has 0 saturated heterocycles. The first-order valence-electron chi connectivity index (χ1n) is 8.94. The second kappa shape index (κ2) is 5.96. The molecule has 0 amide bonds. The number of aliphatic hydroxyl groups is 1. The van der Waals surface area contributed by atoms with E-state index in [-0.39, 0.29) is 5.76 Å². The van der Waals surface area contributed by atoms with Crippen molar-refractivity contribution in [3.63, 3.8) is 0 Å². The summed E-state index contributed by atoms with van der Waals surface area (Å²) in [6.45, 7) is 3.29. The van der Waals surface area contributed by atoms with Crippen LogP contribution in [0.25, 0.3) is 16.6 Å². The van der Waals surface area contributed by atoms with Crippen LogP contribution in [0.1, 0.15) is 44.9 Å². The number of para-hydroxylation sites is 2. The molecule has 1 aliphatic heterocycles. The number of rotatable bonds is 3. The Morgan fingerprint density at radius 1 is 1.21 bits per heavy atom. The van der Waals surface area contributed by atoms with Crippen molar-refractivity contribution in [3.05, 3.63) is 35.8 Å². The van der Waals surface area contributed by atoms with Gasteiger partial charge in [0.1, 0.15) is 17.4 Å². The topological polar surface area (TPSA) is 65.1 Å². The molecule has 4 rings (SSSR count). The number of fused-ring (bicyclic) bond motifs is 1. The molecule has 1 fully saturated rings. The summed E-state index contributed by atoms with van der Waals surface area (Å²) in [6.07, 6.45) is 5.96. The molecule has 0 bridgehead atoms. The first-order valence-corrected chi connectivity index (χ1v) is 8.94. The predicted molar refractivity (Wildman–Crippen MR) is 96.3 cm³/mol. The van der Waals surface area contributed by atoms with E-state index in [0.717, 1.165) is 36.2 Å². The van der Waals surface area contributed by atoms with Crippen molar-refractivity contribution in [2.24, 2.45) is 0 Å². The average Bonchev–Trinajstić information content (AvgIpc) is 3.12. The molecule has 0 spiro atoms. The normalized spacial score (nSPS) is 19.7. The van der Waals surface area contributed by atoms with Crippen molar-refractivity contribution in [1.82, 2.24) is 14.5 Å². The van der Waals surface area contributed by atoms with E-state index in [9.17, 15) is 5.11 Å². The van der Waals surface area contributed by atoms with Crippen LogP contribution in [0.2, 0.25) is 0 Å². The Balaban J connectivity index is 1.73. The molecule has 1 saturated carbocycles. The third-order valence-electron chi connectivity index (χ3n) is 5.34. The number of hydrogen-bond donors (Lipinski definition) is 2. The lowest BCUT2D eigenvalue weighted by Gasteiger charge is -2.32. The van der Waals surface area contributed by atoms with Crippen molar-refractivity contribution >= 4 is 22.4 Å². The van der Waals surface area contributed by atoms with Crippen molar-refractivity contribution in [2.45, 2.75) is 51.6 Å². The van der Waals surface area contributed by atoms with Crippen LogP contribution in [0.15, 0.2) is 30.0 Å². The van der Waals surface area contributed by atoms with Gasteiger partial charge in [-0.3, -0.25) is 5.41 Å². The van der Waals surface area contributed by atoms with Gasteiger partial charge in [0.05, 0.1) is 23.2 Å². The van der Waals surface area contributed by atoms with Gasteiger partial charge in [-0.2, -0.15) is 0 Å². The van der Waals surface area contributed by atoms with E-state index in [2.05, 4.69) is 16.4 Å². The maximum absolute atomic E-state index is 10.6.